The van der Waals surface area contributed by atoms with Crippen LogP contribution in [0.2, 0.25) is 10.0 Å². The third-order valence-electron chi connectivity index (χ3n) is 4.94. The van der Waals surface area contributed by atoms with E-state index in [-0.39, 0.29) is 37.8 Å². The van der Waals surface area contributed by atoms with E-state index >= 15 is 0 Å². The van der Waals surface area contributed by atoms with Crippen molar-refractivity contribution < 1.29 is 29.0 Å². The molecule has 1 heterocycles. The zero-order valence-corrected chi connectivity index (χ0v) is 17.9. The predicted molar refractivity (Wildman–Crippen MR) is 114 cm³/mol. The first-order chi connectivity index (χ1) is 14.5. The first kappa shape index (κ1) is 22.6. The molecule has 1 atom stereocenters. The Balaban J connectivity index is 2.22. The maximum atomic E-state index is 14.9. The van der Waals surface area contributed by atoms with Crippen LogP contribution in [0.25, 0.3) is 10.9 Å². The molecule has 0 radical (unpaired) electrons. The number of fused-ring (bicyclic) bond motifs is 1. The molecule has 162 valence electrons. The van der Waals surface area contributed by atoms with Gasteiger partial charge in [0.05, 0.1) is 21.5 Å². The number of benzene rings is 2. The number of aromatic hydroxyl groups is 1. The van der Waals surface area contributed by atoms with Gasteiger partial charge in [0.1, 0.15) is 6.54 Å². The van der Waals surface area contributed by atoms with Crippen LogP contribution in [0.4, 0.5) is 4.39 Å². The molecule has 3 rings (SSSR count). The molecule has 7 nitrogen and oxygen atoms in total. The molecular formula is C21H17Cl2FN2O5. The minimum atomic E-state index is -1.24. The van der Waals surface area contributed by atoms with E-state index in [9.17, 15) is 23.9 Å². The number of carbonyl (C=O) groups is 3. The summed E-state index contributed by atoms with van der Waals surface area (Å²) in [6.45, 7) is 2.37. The first-order valence-corrected chi connectivity index (χ1v) is 9.81. The topological polar surface area (TPSA) is 109 Å². The van der Waals surface area contributed by atoms with Crippen molar-refractivity contribution in [3.63, 3.8) is 0 Å². The highest BCUT2D eigenvalue weighted by Crippen LogP contribution is 2.37. The van der Waals surface area contributed by atoms with Crippen molar-refractivity contribution in [2.45, 2.75) is 19.8 Å². The Hall–Kier alpha value is -3.10. The smallest absolute Gasteiger partial charge is 0.322 e. The molecule has 1 amide bonds. The van der Waals surface area contributed by atoms with Crippen LogP contribution in [-0.4, -0.2) is 39.1 Å². The van der Waals surface area contributed by atoms with E-state index in [1.807, 2.05) is 0 Å². The highest BCUT2D eigenvalue weighted by atomic mass is 35.5. The van der Waals surface area contributed by atoms with Gasteiger partial charge in [0.2, 0.25) is 5.91 Å². The van der Waals surface area contributed by atoms with E-state index < -0.39 is 41.8 Å². The fourth-order valence-corrected chi connectivity index (χ4v) is 3.77. The van der Waals surface area contributed by atoms with Crippen LogP contribution < -0.4 is 5.32 Å². The number of carboxylic acids is 1. The van der Waals surface area contributed by atoms with E-state index in [2.05, 4.69) is 5.32 Å². The minimum Gasteiger partial charge on any atom is -0.505 e. The monoisotopic (exact) mass is 466 g/mol. The standard InChI is InChI=1S/C21H17Cl2FN2O5/c1-9(20(30)25-8-16(28)29)17-10(2)26(14-5-6-15(27)19(24)18(14)17)21(31)11-3-4-12(22)13(23)7-11/h3-7,9,27H,8H2,1-2H3,(H,25,30)(H,28,29)/t9-/m1/s1. The Labute approximate surface area is 186 Å². The van der Waals surface area contributed by atoms with Crippen LogP contribution in [0.1, 0.15) is 34.5 Å². The first-order valence-electron chi connectivity index (χ1n) is 9.06. The highest BCUT2D eigenvalue weighted by Gasteiger charge is 2.29. The molecular weight excluding hydrogens is 450 g/mol. The van der Waals surface area contributed by atoms with Crippen LogP contribution in [0.15, 0.2) is 30.3 Å². The lowest BCUT2D eigenvalue weighted by molar-refractivity contribution is -0.138. The summed E-state index contributed by atoms with van der Waals surface area (Å²) in [5, 5.41) is 21.2. The van der Waals surface area contributed by atoms with Crippen LogP contribution in [-0.2, 0) is 9.59 Å². The average molecular weight is 467 g/mol. The summed E-state index contributed by atoms with van der Waals surface area (Å²) in [4.78, 5) is 36.5. The third kappa shape index (κ3) is 4.08. The zero-order chi connectivity index (χ0) is 23.0. The molecule has 10 heteroatoms. The SMILES string of the molecule is Cc1c([C@@H](C)C(=O)NCC(=O)O)c2c(F)c(O)ccc2n1C(=O)c1ccc(Cl)c(Cl)c1. The third-order valence-corrected chi connectivity index (χ3v) is 5.68. The van der Waals surface area contributed by atoms with Gasteiger partial charge in [0.25, 0.3) is 5.91 Å². The van der Waals surface area contributed by atoms with Crippen molar-refractivity contribution in [2.75, 3.05) is 6.54 Å². The lowest BCUT2D eigenvalue weighted by atomic mass is 9.96. The Bertz CT molecular complexity index is 1240. The van der Waals surface area contributed by atoms with Gasteiger partial charge in [-0.3, -0.25) is 19.0 Å². The van der Waals surface area contributed by atoms with Crippen LogP contribution in [0.5, 0.6) is 5.75 Å². The average Bonchev–Trinajstić information content (AvgIpc) is 3.02. The Morgan fingerprint density at radius 1 is 1.16 bits per heavy atom. The maximum Gasteiger partial charge on any atom is 0.322 e. The summed E-state index contributed by atoms with van der Waals surface area (Å²) in [6, 6.07) is 6.75. The number of amides is 1. The number of rotatable bonds is 5. The number of hydrogen-bond donors (Lipinski definition) is 3. The molecule has 3 N–H and O–H groups in total. The van der Waals surface area contributed by atoms with Gasteiger partial charge < -0.3 is 15.5 Å². The van der Waals surface area contributed by atoms with Crippen molar-refractivity contribution in [3.8, 4) is 5.75 Å². The summed E-state index contributed by atoms with van der Waals surface area (Å²) in [6.07, 6.45) is 0. The normalized spacial score (nSPS) is 12.0. The second kappa shape index (κ2) is 8.56. The van der Waals surface area contributed by atoms with Gasteiger partial charge in [-0.25, -0.2) is 4.39 Å². The van der Waals surface area contributed by atoms with Crippen molar-refractivity contribution in [1.82, 2.24) is 9.88 Å². The summed E-state index contributed by atoms with van der Waals surface area (Å²) < 4.78 is 16.1. The molecule has 0 saturated heterocycles. The number of nitrogens with zero attached hydrogens (tertiary/aromatic N) is 1. The molecule has 0 aliphatic heterocycles. The number of hydrogen-bond acceptors (Lipinski definition) is 4. The molecule has 0 spiro atoms. The van der Waals surface area contributed by atoms with E-state index in [1.165, 1.54) is 42.7 Å². The second-order valence-electron chi connectivity index (χ2n) is 6.89. The molecule has 0 saturated carbocycles. The maximum absolute atomic E-state index is 14.9. The number of phenolic OH excluding ortho intramolecular Hbond substituents is 1. The van der Waals surface area contributed by atoms with E-state index in [1.54, 1.807) is 0 Å². The van der Waals surface area contributed by atoms with E-state index in [4.69, 9.17) is 28.3 Å². The molecule has 0 fully saturated rings. The zero-order valence-electron chi connectivity index (χ0n) is 16.4. The van der Waals surface area contributed by atoms with Crippen LogP contribution in [0, 0.1) is 12.7 Å². The van der Waals surface area contributed by atoms with E-state index in [0.29, 0.717) is 0 Å². The number of carbonyl (C=O) groups excluding carboxylic acids is 2. The number of halogens is 3. The molecule has 0 aliphatic rings. The van der Waals surface area contributed by atoms with Crippen molar-refractivity contribution in [3.05, 3.63) is 63.0 Å². The highest BCUT2D eigenvalue weighted by molar-refractivity contribution is 6.42. The summed E-state index contributed by atoms with van der Waals surface area (Å²) in [7, 11) is 0. The molecule has 2 aromatic carbocycles. The fourth-order valence-electron chi connectivity index (χ4n) is 3.48. The Morgan fingerprint density at radius 2 is 1.84 bits per heavy atom. The number of aromatic nitrogens is 1. The second-order valence-corrected chi connectivity index (χ2v) is 7.71. The van der Waals surface area contributed by atoms with Gasteiger partial charge in [0.15, 0.2) is 11.6 Å². The predicted octanol–water partition coefficient (Wildman–Crippen LogP) is 4.09. The van der Waals surface area contributed by atoms with Gasteiger partial charge in [-0.2, -0.15) is 0 Å². The quantitative estimate of drug-likeness (QED) is 0.524. The molecule has 0 aliphatic carbocycles. The summed E-state index contributed by atoms with van der Waals surface area (Å²) >= 11 is 11.9. The Morgan fingerprint density at radius 3 is 2.45 bits per heavy atom. The molecule has 3 aromatic rings. The van der Waals surface area contributed by atoms with Gasteiger partial charge in [0, 0.05) is 16.6 Å². The van der Waals surface area contributed by atoms with Gasteiger partial charge in [-0.15, -0.1) is 0 Å². The summed E-state index contributed by atoms with van der Waals surface area (Å²) in [5.74, 6) is -5.11. The lowest BCUT2D eigenvalue weighted by Gasteiger charge is -2.13. The molecule has 1 aromatic heterocycles. The largest absolute Gasteiger partial charge is 0.505 e. The van der Waals surface area contributed by atoms with E-state index in [0.717, 1.165) is 6.07 Å². The van der Waals surface area contributed by atoms with Gasteiger partial charge in [-0.05, 0) is 49.7 Å². The number of carboxylic acid groups (broad SMARTS) is 1. The molecule has 0 bridgehead atoms. The minimum absolute atomic E-state index is 0.108. The number of nitrogens with one attached hydrogen (secondary N) is 1. The van der Waals surface area contributed by atoms with Crippen LogP contribution in [0.3, 0.4) is 0 Å². The fraction of sp³-hybridized carbons (Fsp3) is 0.190. The number of aliphatic carboxylic acids is 1. The molecule has 31 heavy (non-hydrogen) atoms. The van der Waals surface area contributed by atoms with Crippen molar-refractivity contribution >= 4 is 51.9 Å². The van der Waals surface area contributed by atoms with Gasteiger partial charge >= 0.3 is 5.97 Å². The van der Waals surface area contributed by atoms with Gasteiger partial charge in [-0.1, -0.05) is 23.2 Å². The number of phenols is 1. The Kier molecular flexibility index (Phi) is 6.24. The van der Waals surface area contributed by atoms with Crippen molar-refractivity contribution in [1.29, 1.82) is 0 Å². The lowest BCUT2D eigenvalue weighted by Crippen LogP contribution is -2.32. The van der Waals surface area contributed by atoms with Crippen LogP contribution >= 0.6 is 23.2 Å². The molecule has 0 unspecified atom stereocenters. The summed E-state index contributed by atoms with van der Waals surface area (Å²) in [5.41, 5.74) is 0.724. The van der Waals surface area contributed by atoms with Crippen molar-refractivity contribution in [2.24, 2.45) is 0 Å².